The van der Waals surface area contributed by atoms with Gasteiger partial charge in [-0.2, -0.15) is 0 Å². The van der Waals surface area contributed by atoms with Gasteiger partial charge in [0.1, 0.15) is 5.75 Å². The number of phenolic OH excluding ortho intramolecular Hbond substituents is 1. The summed E-state index contributed by atoms with van der Waals surface area (Å²) in [5, 5.41) is 10.6. The molecule has 2 aromatic carbocycles. The molecule has 5 heteroatoms. The zero-order valence-electron chi connectivity index (χ0n) is 14.9. The van der Waals surface area contributed by atoms with Gasteiger partial charge in [-0.1, -0.05) is 12.1 Å². The third-order valence-corrected chi connectivity index (χ3v) is 4.27. The fraction of sp³-hybridized carbons (Fsp3) is 0.250. The number of hydrogen-bond acceptors (Lipinski definition) is 4. The van der Waals surface area contributed by atoms with Gasteiger partial charge in [-0.05, 0) is 44.2 Å². The van der Waals surface area contributed by atoms with Gasteiger partial charge in [0.2, 0.25) is 0 Å². The van der Waals surface area contributed by atoms with E-state index in [-0.39, 0.29) is 11.7 Å². The summed E-state index contributed by atoms with van der Waals surface area (Å²) in [6.07, 6.45) is 0. The van der Waals surface area contributed by atoms with E-state index in [4.69, 9.17) is 4.74 Å². The first kappa shape index (κ1) is 16.9. The lowest BCUT2D eigenvalue weighted by molar-refractivity contribution is 0.0527. The van der Waals surface area contributed by atoms with Crippen LogP contribution in [-0.2, 0) is 4.74 Å². The van der Waals surface area contributed by atoms with E-state index < -0.39 is 0 Å². The fourth-order valence-corrected chi connectivity index (χ4v) is 3.21. The number of nitrogens with zero attached hydrogens (tertiary/aromatic N) is 2. The van der Waals surface area contributed by atoms with E-state index >= 15 is 0 Å². The molecule has 0 amide bonds. The lowest BCUT2D eigenvalue weighted by atomic mass is 10.1. The molecule has 0 radical (unpaired) electrons. The average molecular weight is 338 g/mol. The highest BCUT2D eigenvalue weighted by atomic mass is 16.5. The van der Waals surface area contributed by atoms with Crippen molar-refractivity contribution in [3.63, 3.8) is 0 Å². The van der Waals surface area contributed by atoms with Crippen molar-refractivity contribution < 1.29 is 14.6 Å². The number of hydrogen-bond donors (Lipinski definition) is 1. The molecule has 3 rings (SSSR count). The minimum atomic E-state index is -0.378. The Kier molecular flexibility index (Phi) is 4.40. The number of phenols is 1. The van der Waals surface area contributed by atoms with Gasteiger partial charge in [-0.15, -0.1) is 0 Å². The predicted molar refractivity (Wildman–Crippen MR) is 100.0 cm³/mol. The van der Waals surface area contributed by atoms with Gasteiger partial charge in [0, 0.05) is 25.2 Å². The topological polar surface area (TPSA) is 54.7 Å². The number of para-hydroxylation sites is 2. The van der Waals surface area contributed by atoms with Crippen molar-refractivity contribution in [2.45, 2.75) is 13.8 Å². The Morgan fingerprint density at radius 3 is 2.60 bits per heavy atom. The van der Waals surface area contributed by atoms with E-state index in [2.05, 4.69) is 0 Å². The molecule has 0 saturated heterocycles. The summed E-state index contributed by atoms with van der Waals surface area (Å²) in [7, 11) is 3.97. The summed E-state index contributed by atoms with van der Waals surface area (Å²) < 4.78 is 7.28. The monoisotopic (exact) mass is 338 g/mol. The Morgan fingerprint density at radius 2 is 1.92 bits per heavy atom. The number of ether oxygens (including phenoxy) is 1. The van der Waals surface area contributed by atoms with Crippen molar-refractivity contribution in [1.29, 1.82) is 0 Å². The number of benzene rings is 2. The molecule has 0 aliphatic rings. The van der Waals surface area contributed by atoms with Crippen molar-refractivity contribution in [1.82, 2.24) is 4.57 Å². The standard InChI is InChI=1S/C20H22N2O3/c1-5-25-20(24)19-13(2)22(16-11-10-14(23)12-15(16)19)18-9-7-6-8-17(18)21(3)4/h6-12,23H,5H2,1-4H3. The molecule has 0 aliphatic heterocycles. The highest BCUT2D eigenvalue weighted by Crippen LogP contribution is 2.35. The molecule has 0 spiro atoms. The van der Waals surface area contributed by atoms with E-state index in [1.54, 1.807) is 19.1 Å². The molecule has 0 saturated carbocycles. The quantitative estimate of drug-likeness (QED) is 0.733. The van der Waals surface area contributed by atoms with E-state index in [0.717, 1.165) is 22.6 Å². The smallest absolute Gasteiger partial charge is 0.340 e. The fourth-order valence-electron chi connectivity index (χ4n) is 3.21. The summed E-state index contributed by atoms with van der Waals surface area (Å²) in [6.45, 7) is 3.99. The van der Waals surface area contributed by atoms with Crippen LogP contribution in [0.25, 0.3) is 16.6 Å². The highest BCUT2D eigenvalue weighted by Gasteiger charge is 2.23. The van der Waals surface area contributed by atoms with Gasteiger partial charge >= 0.3 is 5.97 Å². The number of aromatic nitrogens is 1. The maximum Gasteiger partial charge on any atom is 0.340 e. The molecule has 1 aromatic heterocycles. The average Bonchev–Trinajstić information content (AvgIpc) is 2.86. The Bertz CT molecular complexity index is 942. The number of carbonyl (C=O) groups is 1. The molecule has 0 aliphatic carbocycles. The Balaban J connectivity index is 2.38. The number of anilines is 1. The second-order valence-electron chi connectivity index (χ2n) is 6.10. The minimum absolute atomic E-state index is 0.121. The normalized spacial score (nSPS) is 10.9. The van der Waals surface area contributed by atoms with Crippen LogP contribution in [0.5, 0.6) is 5.75 Å². The Hall–Kier alpha value is -2.95. The maximum absolute atomic E-state index is 12.5. The Morgan fingerprint density at radius 1 is 1.20 bits per heavy atom. The van der Waals surface area contributed by atoms with Crippen LogP contribution in [0.3, 0.4) is 0 Å². The van der Waals surface area contributed by atoms with E-state index in [1.807, 2.05) is 60.8 Å². The Labute approximate surface area is 147 Å². The molecule has 0 atom stereocenters. The zero-order valence-corrected chi connectivity index (χ0v) is 14.9. The second kappa shape index (κ2) is 6.51. The van der Waals surface area contributed by atoms with E-state index in [1.165, 1.54) is 0 Å². The number of esters is 1. The second-order valence-corrected chi connectivity index (χ2v) is 6.10. The SMILES string of the molecule is CCOC(=O)c1c(C)n(-c2ccccc2N(C)C)c2ccc(O)cc12. The van der Waals surface area contributed by atoms with Crippen molar-refractivity contribution in [3.8, 4) is 11.4 Å². The lowest BCUT2D eigenvalue weighted by Gasteiger charge is -2.19. The summed E-state index contributed by atoms with van der Waals surface area (Å²) >= 11 is 0. The molecule has 1 N–H and O–H groups in total. The van der Waals surface area contributed by atoms with Crippen molar-refractivity contribution >= 4 is 22.6 Å². The molecule has 130 valence electrons. The van der Waals surface area contributed by atoms with Crippen LogP contribution in [0.15, 0.2) is 42.5 Å². The maximum atomic E-state index is 12.5. The zero-order chi connectivity index (χ0) is 18.1. The summed E-state index contributed by atoms with van der Waals surface area (Å²) in [5.41, 5.74) is 4.13. The molecule has 0 unspecified atom stereocenters. The summed E-state index contributed by atoms with van der Waals surface area (Å²) in [5.74, 6) is -0.257. The van der Waals surface area contributed by atoms with Crippen LogP contribution in [0, 0.1) is 6.92 Å². The van der Waals surface area contributed by atoms with Crippen molar-refractivity contribution in [2.24, 2.45) is 0 Å². The highest BCUT2D eigenvalue weighted by molar-refractivity contribution is 6.07. The predicted octanol–water partition coefficient (Wildman–Crippen LogP) is 3.89. The van der Waals surface area contributed by atoms with Gasteiger partial charge in [0.15, 0.2) is 0 Å². The molecule has 0 bridgehead atoms. The number of rotatable bonds is 4. The number of aromatic hydroxyl groups is 1. The number of carbonyl (C=O) groups excluding carboxylic acids is 1. The molecule has 3 aromatic rings. The largest absolute Gasteiger partial charge is 0.508 e. The van der Waals surface area contributed by atoms with E-state index in [9.17, 15) is 9.90 Å². The van der Waals surface area contributed by atoms with Crippen LogP contribution in [0.2, 0.25) is 0 Å². The summed E-state index contributed by atoms with van der Waals surface area (Å²) in [6, 6.07) is 13.1. The van der Waals surface area contributed by atoms with Crippen LogP contribution >= 0.6 is 0 Å². The van der Waals surface area contributed by atoms with Gasteiger partial charge in [-0.25, -0.2) is 4.79 Å². The van der Waals surface area contributed by atoms with Gasteiger partial charge in [0.05, 0.1) is 29.1 Å². The number of fused-ring (bicyclic) bond motifs is 1. The van der Waals surface area contributed by atoms with Crippen LogP contribution in [0.4, 0.5) is 5.69 Å². The van der Waals surface area contributed by atoms with Crippen molar-refractivity contribution in [3.05, 3.63) is 53.7 Å². The lowest BCUT2D eigenvalue weighted by Crippen LogP contribution is -2.13. The molecule has 25 heavy (non-hydrogen) atoms. The summed E-state index contributed by atoms with van der Waals surface area (Å²) in [4.78, 5) is 14.6. The minimum Gasteiger partial charge on any atom is -0.508 e. The molecule has 1 heterocycles. The molecular weight excluding hydrogens is 316 g/mol. The first-order valence-corrected chi connectivity index (χ1v) is 8.23. The van der Waals surface area contributed by atoms with E-state index in [0.29, 0.717) is 17.6 Å². The van der Waals surface area contributed by atoms with Crippen LogP contribution < -0.4 is 4.90 Å². The van der Waals surface area contributed by atoms with Crippen LogP contribution in [0.1, 0.15) is 23.0 Å². The third-order valence-electron chi connectivity index (χ3n) is 4.27. The third kappa shape index (κ3) is 2.82. The van der Waals surface area contributed by atoms with Crippen LogP contribution in [-0.4, -0.2) is 36.3 Å². The first-order chi connectivity index (χ1) is 12.0. The van der Waals surface area contributed by atoms with Gasteiger partial charge in [0.25, 0.3) is 0 Å². The molecule has 5 nitrogen and oxygen atoms in total. The molecular formula is C20H22N2O3. The van der Waals surface area contributed by atoms with Gasteiger partial charge < -0.3 is 19.3 Å². The first-order valence-electron chi connectivity index (χ1n) is 8.23. The van der Waals surface area contributed by atoms with Crippen molar-refractivity contribution in [2.75, 3.05) is 25.6 Å². The van der Waals surface area contributed by atoms with Gasteiger partial charge in [-0.3, -0.25) is 0 Å². The molecule has 0 fully saturated rings.